The molecule has 0 fully saturated rings. The lowest BCUT2D eigenvalue weighted by molar-refractivity contribution is 0.0701. The molecule has 1 unspecified atom stereocenters. The molecule has 0 saturated carbocycles. The van der Waals surface area contributed by atoms with Crippen LogP contribution in [-0.4, -0.2) is 38.6 Å². The summed E-state index contributed by atoms with van der Waals surface area (Å²) >= 11 is 0. The third-order valence-corrected chi connectivity index (χ3v) is 2.60. The number of hydrogen-bond acceptors (Lipinski definition) is 4. The molecule has 0 heterocycles. The van der Waals surface area contributed by atoms with E-state index in [4.69, 9.17) is 14.6 Å². The topological polar surface area (TPSA) is 50.7 Å². The summed E-state index contributed by atoms with van der Waals surface area (Å²) in [4.78, 5) is 0. The van der Waals surface area contributed by atoms with Crippen molar-refractivity contribution in [2.45, 2.75) is 13.0 Å². The maximum absolute atomic E-state index is 13.2. The van der Waals surface area contributed by atoms with Gasteiger partial charge in [-0.3, -0.25) is 0 Å². The first-order chi connectivity index (χ1) is 8.69. The van der Waals surface area contributed by atoms with Gasteiger partial charge in [0.2, 0.25) is 0 Å². The van der Waals surface area contributed by atoms with Crippen LogP contribution in [0.4, 0.5) is 4.39 Å². The minimum atomic E-state index is -0.326. The van der Waals surface area contributed by atoms with Crippen LogP contribution in [0.5, 0.6) is 5.75 Å². The van der Waals surface area contributed by atoms with E-state index in [0.29, 0.717) is 19.0 Å². The van der Waals surface area contributed by atoms with Crippen LogP contribution >= 0.6 is 0 Å². The summed E-state index contributed by atoms with van der Waals surface area (Å²) in [7, 11) is 1.84. The molecule has 18 heavy (non-hydrogen) atoms. The highest BCUT2D eigenvalue weighted by Gasteiger charge is 2.11. The van der Waals surface area contributed by atoms with Crippen LogP contribution in [0.3, 0.4) is 0 Å². The molecule has 0 bridgehead atoms. The molecular weight excluding hydrogens is 237 g/mol. The Bertz CT molecular complexity index is 360. The molecule has 0 saturated heterocycles. The molecule has 0 aliphatic carbocycles. The molecule has 0 aliphatic rings. The zero-order valence-electron chi connectivity index (χ0n) is 10.8. The molecule has 1 rings (SSSR count). The summed E-state index contributed by atoms with van der Waals surface area (Å²) in [6, 6.07) is 4.58. The van der Waals surface area contributed by atoms with Gasteiger partial charge in [0.15, 0.2) is 0 Å². The zero-order valence-corrected chi connectivity index (χ0v) is 10.8. The lowest BCUT2D eigenvalue weighted by Gasteiger charge is -2.16. The van der Waals surface area contributed by atoms with Crippen LogP contribution in [-0.2, 0) is 4.74 Å². The fraction of sp³-hybridized carbons (Fsp3) is 0.538. The van der Waals surface area contributed by atoms with Gasteiger partial charge in [-0.1, -0.05) is 6.07 Å². The van der Waals surface area contributed by atoms with E-state index in [2.05, 4.69) is 5.32 Å². The Morgan fingerprint density at radius 3 is 2.78 bits per heavy atom. The lowest BCUT2D eigenvalue weighted by Crippen LogP contribution is -2.15. The summed E-state index contributed by atoms with van der Waals surface area (Å²) < 4.78 is 23.8. The van der Waals surface area contributed by atoms with Crippen LogP contribution in [0.25, 0.3) is 0 Å². The van der Waals surface area contributed by atoms with Gasteiger partial charge in [0.25, 0.3) is 0 Å². The fourth-order valence-corrected chi connectivity index (χ4v) is 1.52. The summed E-state index contributed by atoms with van der Waals surface area (Å²) in [5, 5.41) is 11.6. The Labute approximate surface area is 107 Å². The molecule has 2 N–H and O–H groups in total. The Morgan fingerprint density at radius 2 is 2.11 bits per heavy atom. The standard InChI is InChI=1S/C13H20FNO3/c1-10(15-2)12-4-3-11(14)9-13(12)18-8-7-17-6-5-16/h3-4,9-10,15-16H,5-8H2,1-2H3. The van der Waals surface area contributed by atoms with Crippen LogP contribution in [0, 0.1) is 5.82 Å². The van der Waals surface area contributed by atoms with Crippen molar-refractivity contribution in [3.63, 3.8) is 0 Å². The predicted molar refractivity (Wildman–Crippen MR) is 67.3 cm³/mol. The number of rotatable bonds is 8. The molecule has 0 radical (unpaired) electrons. The molecule has 1 aromatic carbocycles. The normalized spacial score (nSPS) is 12.4. The number of aliphatic hydroxyl groups excluding tert-OH is 1. The van der Waals surface area contributed by atoms with Crippen LogP contribution < -0.4 is 10.1 Å². The Balaban J connectivity index is 2.59. The molecule has 0 aromatic heterocycles. The number of nitrogens with one attached hydrogen (secondary N) is 1. The second-order valence-electron chi connectivity index (χ2n) is 3.88. The maximum atomic E-state index is 13.2. The molecule has 0 amide bonds. The number of hydrogen-bond donors (Lipinski definition) is 2. The number of benzene rings is 1. The van der Waals surface area contributed by atoms with E-state index in [1.807, 2.05) is 14.0 Å². The van der Waals surface area contributed by atoms with Crippen LogP contribution in [0.1, 0.15) is 18.5 Å². The van der Waals surface area contributed by atoms with Crippen molar-refractivity contribution in [3.05, 3.63) is 29.6 Å². The monoisotopic (exact) mass is 257 g/mol. The molecule has 4 nitrogen and oxygen atoms in total. The molecule has 0 spiro atoms. The predicted octanol–water partition coefficient (Wildman–Crippen LogP) is 1.49. The van der Waals surface area contributed by atoms with Crippen molar-refractivity contribution >= 4 is 0 Å². The van der Waals surface area contributed by atoms with Crippen LogP contribution in [0.15, 0.2) is 18.2 Å². The Morgan fingerprint density at radius 1 is 1.33 bits per heavy atom. The van der Waals surface area contributed by atoms with Gasteiger partial charge in [0.1, 0.15) is 18.2 Å². The summed E-state index contributed by atoms with van der Waals surface area (Å²) in [5.74, 6) is 0.192. The van der Waals surface area contributed by atoms with Gasteiger partial charge in [-0.2, -0.15) is 0 Å². The van der Waals surface area contributed by atoms with E-state index < -0.39 is 0 Å². The fourth-order valence-electron chi connectivity index (χ4n) is 1.52. The van der Waals surface area contributed by atoms with Gasteiger partial charge in [-0.05, 0) is 20.0 Å². The van der Waals surface area contributed by atoms with Gasteiger partial charge in [-0.25, -0.2) is 4.39 Å². The second kappa shape index (κ2) is 8.02. The van der Waals surface area contributed by atoms with Crippen molar-refractivity contribution in [1.29, 1.82) is 0 Å². The van der Waals surface area contributed by atoms with E-state index >= 15 is 0 Å². The minimum absolute atomic E-state index is 0.0119. The van der Waals surface area contributed by atoms with E-state index in [9.17, 15) is 4.39 Å². The van der Waals surface area contributed by atoms with Gasteiger partial charge >= 0.3 is 0 Å². The van der Waals surface area contributed by atoms with Gasteiger partial charge in [-0.15, -0.1) is 0 Å². The smallest absolute Gasteiger partial charge is 0.127 e. The molecular formula is C13H20FNO3. The minimum Gasteiger partial charge on any atom is -0.491 e. The van der Waals surface area contributed by atoms with E-state index in [1.165, 1.54) is 12.1 Å². The second-order valence-corrected chi connectivity index (χ2v) is 3.88. The molecule has 5 heteroatoms. The summed E-state index contributed by atoms with van der Waals surface area (Å²) in [6.07, 6.45) is 0. The quantitative estimate of drug-likeness (QED) is 0.693. The Kier molecular flexibility index (Phi) is 6.64. The summed E-state index contributed by atoms with van der Waals surface area (Å²) in [5.41, 5.74) is 0.904. The van der Waals surface area contributed by atoms with Crippen molar-refractivity contribution in [2.24, 2.45) is 0 Å². The summed E-state index contributed by atoms with van der Waals surface area (Å²) in [6.45, 7) is 2.94. The zero-order chi connectivity index (χ0) is 13.4. The molecule has 0 aliphatic heterocycles. The van der Waals surface area contributed by atoms with Gasteiger partial charge in [0.05, 0.1) is 19.8 Å². The maximum Gasteiger partial charge on any atom is 0.127 e. The van der Waals surface area contributed by atoms with Crippen molar-refractivity contribution in [2.75, 3.05) is 33.5 Å². The first-order valence-corrected chi connectivity index (χ1v) is 5.97. The van der Waals surface area contributed by atoms with E-state index in [-0.39, 0.29) is 25.1 Å². The third kappa shape index (κ3) is 4.60. The highest BCUT2D eigenvalue weighted by atomic mass is 19.1. The molecule has 102 valence electrons. The SMILES string of the molecule is CNC(C)c1ccc(F)cc1OCCOCCO. The molecule has 1 aromatic rings. The Hall–Kier alpha value is -1.17. The third-order valence-electron chi connectivity index (χ3n) is 2.60. The van der Waals surface area contributed by atoms with Crippen LogP contribution in [0.2, 0.25) is 0 Å². The van der Waals surface area contributed by atoms with Crippen molar-refractivity contribution < 1.29 is 19.0 Å². The average Bonchev–Trinajstić information content (AvgIpc) is 2.38. The van der Waals surface area contributed by atoms with Crippen molar-refractivity contribution in [3.8, 4) is 5.75 Å². The first-order valence-electron chi connectivity index (χ1n) is 5.97. The van der Waals surface area contributed by atoms with E-state index in [1.54, 1.807) is 6.07 Å². The average molecular weight is 257 g/mol. The van der Waals surface area contributed by atoms with Gasteiger partial charge in [0, 0.05) is 17.7 Å². The van der Waals surface area contributed by atoms with E-state index in [0.717, 1.165) is 5.56 Å². The first kappa shape index (κ1) is 14.9. The van der Waals surface area contributed by atoms with Crippen molar-refractivity contribution in [1.82, 2.24) is 5.32 Å². The lowest BCUT2D eigenvalue weighted by atomic mass is 10.1. The highest BCUT2D eigenvalue weighted by molar-refractivity contribution is 5.36. The number of halogens is 1. The number of ether oxygens (including phenoxy) is 2. The molecule has 1 atom stereocenters. The number of aliphatic hydroxyl groups is 1. The largest absolute Gasteiger partial charge is 0.491 e. The van der Waals surface area contributed by atoms with Gasteiger partial charge < -0.3 is 19.9 Å². The highest BCUT2D eigenvalue weighted by Crippen LogP contribution is 2.25.